The molecule has 0 atom stereocenters. The molecule has 0 aliphatic carbocycles. The first-order valence-corrected chi connectivity index (χ1v) is 8.70. The number of halogens is 2. The molecule has 2 aromatic rings. The Morgan fingerprint density at radius 2 is 1.81 bits per heavy atom. The van der Waals surface area contributed by atoms with E-state index >= 15 is 0 Å². The van der Waals surface area contributed by atoms with Crippen LogP contribution in [-0.2, 0) is 6.42 Å². The fourth-order valence-corrected chi connectivity index (χ4v) is 2.77. The molecule has 0 saturated heterocycles. The van der Waals surface area contributed by atoms with E-state index in [-0.39, 0.29) is 11.1 Å². The van der Waals surface area contributed by atoms with Crippen LogP contribution in [0.5, 0.6) is 11.5 Å². The fourth-order valence-electron chi connectivity index (χ4n) is 2.77. The van der Waals surface area contributed by atoms with Gasteiger partial charge in [0.25, 0.3) is 0 Å². The minimum absolute atomic E-state index is 0.262. The second-order valence-electron chi connectivity index (χ2n) is 6.01. The van der Waals surface area contributed by atoms with Crippen LogP contribution < -0.4 is 15.2 Å². The summed E-state index contributed by atoms with van der Waals surface area (Å²) in [6, 6.07) is 6.68. The van der Waals surface area contributed by atoms with Crippen molar-refractivity contribution < 1.29 is 23.0 Å². The van der Waals surface area contributed by atoms with Crippen molar-refractivity contribution in [3.8, 4) is 11.5 Å². The molecule has 0 fully saturated rings. The lowest BCUT2D eigenvalue weighted by Crippen LogP contribution is -2.15. The third-order valence-corrected chi connectivity index (χ3v) is 3.88. The van der Waals surface area contributed by atoms with Gasteiger partial charge in [0.2, 0.25) is 5.91 Å². The average molecular weight is 375 g/mol. The van der Waals surface area contributed by atoms with E-state index in [4.69, 9.17) is 15.2 Å². The van der Waals surface area contributed by atoms with E-state index in [1.165, 1.54) is 12.1 Å². The highest BCUT2D eigenvalue weighted by atomic mass is 19.1. The van der Waals surface area contributed by atoms with Crippen molar-refractivity contribution in [3.63, 3.8) is 0 Å². The number of carbonyl (C=O) groups excluding carboxylic acids is 1. The highest BCUT2D eigenvalue weighted by molar-refractivity contribution is 5.95. The number of primary amides is 1. The third-order valence-electron chi connectivity index (χ3n) is 3.88. The molecule has 0 spiro atoms. The highest BCUT2D eigenvalue weighted by Crippen LogP contribution is 2.31. The van der Waals surface area contributed by atoms with Gasteiger partial charge in [0.05, 0.1) is 13.2 Å². The summed E-state index contributed by atoms with van der Waals surface area (Å²) in [5.74, 6) is -0.910. The largest absolute Gasteiger partial charge is 0.494 e. The topological polar surface area (TPSA) is 61.6 Å². The number of amides is 1. The van der Waals surface area contributed by atoms with Crippen molar-refractivity contribution in [1.29, 1.82) is 0 Å². The number of carbonyl (C=O) groups is 1. The summed E-state index contributed by atoms with van der Waals surface area (Å²) in [4.78, 5) is 12.0. The minimum Gasteiger partial charge on any atom is -0.494 e. The smallest absolute Gasteiger partial charge is 0.249 e. The second kappa shape index (κ2) is 9.16. The van der Waals surface area contributed by atoms with Gasteiger partial charge in [-0.25, -0.2) is 8.78 Å². The summed E-state index contributed by atoms with van der Waals surface area (Å²) >= 11 is 0. The van der Waals surface area contributed by atoms with E-state index in [1.54, 1.807) is 25.1 Å². The van der Waals surface area contributed by atoms with Gasteiger partial charge in [0.15, 0.2) is 0 Å². The van der Waals surface area contributed by atoms with Gasteiger partial charge in [-0.2, -0.15) is 0 Å². The van der Waals surface area contributed by atoms with E-state index in [0.29, 0.717) is 36.7 Å². The Morgan fingerprint density at radius 1 is 1.11 bits per heavy atom. The van der Waals surface area contributed by atoms with E-state index in [0.717, 1.165) is 11.6 Å². The predicted molar refractivity (Wildman–Crippen MR) is 101 cm³/mol. The van der Waals surface area contributed by atoms with Crippen molar-refractivity contribution in [2.45, 2.75) is 27.2 Å². The number of benzene rings is 2. The number of rotatable bonds is 8. The van der Waals surface area contributed by atoms with Crippen LogP contribution in [0.25, 0.3) is 6.08 Å². The first-order valence-electron chi connectivity index (χ1n) is 8.70. The zero-order valence-electron chi connectivity index (χ0n) is 15.6. The van der Waals surface area contributed by atoms with Crippen LogP contribution in [-0.4, -0.2) is 19.1 Å². The van der Waals surface area contributed by atoms with E-state index in [1.807, 2.05) is 13.8 Å². The van der Waals surface area contributed by atoms with E-state index in [9.17, 15) is 13.6 Å². The summed E-state index contributed by atoms with van der Waals surface area (Å²) in [7, 11) is 0. The molecule has 0 aromatic heterocycles. The molecule has 2 rings (SSSR count). The zero-order chi connectivity index (χ0) is 20.0. The molecule has 0 saturated carbocycles. The highest BCUT2D eigenvalue weighted by Gasteiger charge is 2.17. The van der Waals surface area contributed by atoms with Crippen LogP contribution in [0.2, 0.25) is 0 Å². The van der Waals surface area contributed by atoms with Gasteiger partial charge in [-0.1, -0.05) is 11.6 Å². The first kappa shape index (κ1) is 20.4. The molecular weight excluding hydrogens is 352 g/mol. The molecule has 27 heavy (non-hydrogen) atoms. The number of nitrogens with two attached hydrogens (primary N) is 1. The molecule has 1 amide bonds. The summed E-state index contributed by atoms with van der Waals surface area (Å²) in [5, 5.41) is 0. The van der Waals surface area contributed by atoms with Crippen LogP contribution in [0.1, 0.15) is 42.3 Å². The van der Waals surface area contributed by atoms with Gasteiger partial charge in [0, 0.05) is 28.8 Å². The van der Waals surface area contributed by atoms with Crippen LogP contribution in [0.4, 0.5) is 8.78 Å². The van der Waals surface area contributed by atoms with Gasteiger partial charge in [-0.3, -0.25) is 4.79 Å². The van der Waals surface area contributed by atoms with Crippen LogP contribution >= 0.6 is 0 Å². The SMILES string of the molecule is CCOc1cc(OCC)c(C/C(C)=C\c2ccc(F)cc2F)c(C(N)=O)c1. The standard InChI is InChI=1S/C21H23F2NO3/c1-4-26-16-11-18(21(24)25)17(20(12-16)27-5-2)9-13(3)8-14-6-7-15(22)10-19(14)23/h6-8,10-12H,4-5,9H2,1-3H3,(H2,24,25)/b13-8-. The number of hydrogen-bond donors (Lipinski definition) is 1. The molecule has 0 aliphatic rings. The zero-order valence-corrected chi connectivity index (χ0v) is 15.6. The Bertz CT molecular complexity index is 863. The molecule has 0 aliphatic heterocycles. The molecule has 0 radical (unpaired) electrons. The van der Waals surface area contributed by atoms with Crippen LogP contribution in [0, 0.1) is 11.6 Å². The second-order valence-corrected chi connectivity index (χ2v) is 6.01. The lowest BCUT2D eigenvalue weighted by atomic mass is 9.97. The Morgan fingerprint density at radius 3 is 2.41 bits per heavy atom. The number of ether oxygens (including phenoxy) is 2. The molecule has 144 valence electrons. The van der Waals surface area contributed by atoms with E-state index in [2.05, 4.69) is 0 Å². The van der Waals surface area contributed by atoms with Crippen molar-refractivity contribution >= 4 is 12.0 Å². The summed E-state index contributed by atoms with van der Waals surface area (Å²) in [6.45, 7) is 6.29. The third kappa shape index (κ3) is 5.29. The van der Waals surface area contributed by atoms with Gasteiger partial charge >= 0.3 is 0 Å². The maximum absolute atomic E-state index is 13.9. The molecule has 2 aromatic carbocycles. The maximum Gasteiger partial charge on any atom is 0.249 e. The Kier molecular flexibility index (Phi) is 6.93. The summed E-state index contributed by atoms with van der Waals surface area (Å²) in [5.41, 5.74) is 7.45. The normalized spacial score (nSPS) is 11.4. The van der Waals surface area contributed by atoms with Gasteiger partial charge in [0.1, 0.15) is 23.1 Å². The molecular formula is C21H23F2NO3. The van der Waals surface area contributed by atoms with Gasteiger partial charge in [-0.15, -0.1) is 0 Å². The monoisotopic (exact) mass is 375 g/mol. The van der Waals surface area contributed by atoms with Crippen molar-refractivity contribution in [3.05, 3.63) is 64.2 Å². The molecule has 2 N–H and O–H groups in total. The average Bonchev–Trinajstić information content (AvgIpc) is 2.59. The number of hydrogen-bond acceptors (Lipinski definition) is 3. The lowest BCUT2D eigenvalue weighted by molar-refractivity contribution is 0.0998. The lowest BCUT2D eigenvalue weighted by Gasteiger charge is -2.16. The fraction of sp³-hybridized carbons (Fsp3) is 0.286. The molecule has 4 nitrogen and oxygen atoms in total. The first-order chi connectivity index (χ1) is 12.8. The predicted octanol–water partition coefficient (Wildman–Crippen LogP) is 4.51. The van der Waals surface area contributed by atoms with Crippen LogP contribution in [0.15, 0.2) is 35.9 Å². The van der Waals surface area contributed by atoms with Crippen molar-refractivity contribution in [2.24, 2.45) is 5.73 Å². The molecule has 0 heterocycles. The Balaban J connectivity index is 2.45. The minimum atomic E-state index is -0.652. The molecule has 0 bridgehead atoms. The number of allylic oxidation sites excluding steroid dienone is 1. The van der Waals surface area contributed by atoms with E-state index < -0.39 is 17.5 Å². The van der Waals surface area contributed by atoms with Gasteiger partial charge < -0.3 is 15.2 Å². The molecule has 6 heteroatoms. The van der Waals surface area contributed by atoms with Gasteiger partial charge in [-0.05, 0) is 45.4 Å². The summed E-state index contributed by atoms with van der Waals surface area (Å²) < 4.78 is 38.1. The van der Waals surface area contributed by atoms with Crippen molar-refractivity contribution in [2.75, 3.05) is 13.2 Å². The quantitative estimate of drug-likeness (QED) is 0.739. The Labute approximate surface area is 157 Å². The van der Waals surface area contributed by atoms with Crippen LogP contribution in [0.3, 0.4) is 0 Å². The Hall–Kier alpha value is -2.89. The molecule has 0 unspecified atom stereocenters. The van der Waals surface area contributed by atoms with Crippen molar-refractivity contribution in [1.82, 2.24) is 0 Å². The maximum atomic E-state index is 13.9. The summed E-state index contributed by atoms with van der Waals surface area (Å²) in [6.07, 6.45) is 1.92.